The molecule has 0 radical (unpaired) electrons. The minimum Gasteiger partial charge on any atom is -0.328 e. The fraction of sp³-hybridized carbons (Fsp3) is 1.00. The van der Waals surface area contributed by atoms with Crippen LogP contribution in [0.1, 0.15) is 40.0 Å². The second kappa shape index (κ2) is 6.47. The summed E-state index contributed by atoms with van der Waals surface area (Å²) in [5.74, 6) is 0. The maximum absolute atomic E-state index is 2.64. The Morgan fingerprint density at radius 3 is 2.00 bits per heavy atom. The lowest BCUT2D eigenvalue weighted by atomic mass is 9.64. The van der Waals surface area contributed by atoms with E-state index in [2.05, 4.69) is 30.4 Å². The first-order chi connectivity index (χ1) is 6.83. The molecule has 0 N–H and O–H groups in total. The van der Waals surface area contributed by atoms with Gasteiger partial charge in [0.15, 0.2) is 0 Å². The summed E-state index contributed by atoms with van der Waals surface area (Å²) in [6, 6.07) is 0. The van der Waals surface area contributed by atoms with Gasteiger partial charge in [-0.2, -0.15) is 0 Å². The van der Waals surface area contributed by atoms with E-state index >= 15 is 0 Å². The molecule has 1 saturated heterocycles. The predicted molar refractivity (Wildman–Crippen MR) is 64.6 cm³/mol. The molecule has 0 unspecified atom stereocenters. The summed E-state index contributed by atoms with van der Waals surface area (Å²) in [5.41, 5.74) is 0. The third-order valence-electron chi connectivity index (χ3n) is 3.36. The molecule has 14 heavy (non-hydrogen) atoms. The second-order valence-corrected chi connectivity index (χ2v) is 4.23. The van der Waals surface area contributed by atoms with Crippen LogP contribution >= 0.6 is 0 Å². The lowest BCUT2D eigenvalue weighted by molar-refractivity contribution is 0.293. The van der Waals surface area contributed by atoms with Crippen LogP contribution in [-0.2, 0) is 0 Å². The van der Waals surface area contributed by atoms with E-state index in [1.54, 1.807) is 0 Å². The Kier molecular flexibility index (Phi) is 5.57. The van der Waals surface area contributed by atoms with Gasteiger partial charge in [0, 0.05) is 0 Å². The molecule has 1 aliphatic rings. The van der Waals surface area contributed by atoms with E-state index in [-0.39, 0.29) is 0 Å². The minimum absolute atomic E-state index is 0.735. The highest BCUT2D eigenvalue weighted by Crippen LogP contribution is 2.16. The zero-order valence-electron chi connectivity index (χ0n) is 10.1. The number of unbranched alkanes of at least 4 members (excludes halogenated alkanes) is 1. The predicted octanol–water partition coefficient (Wildman–Crippen LogP) is 2.32. The molecule has 0 aliphatic carbocycles. The van der Waals surface area contributed by atoms with Crippen LogP contribution in [0, 0.1) is 0 Å². The van der Waals surface area contributed by atoms with E-state index < -0.39 is 0 Å². The number of nitrogens with zero attached hydrogens (tertiary/aromatic N) is 2. The summed E-state index contributed by atoms with van der Waals surface area (Å²) < 4.78 is 0. The van der Waals surface area contributed by atoms with Crippen molar-refractivity contribution in [3.63, 3.8) is 0 Å². The summed E-state index contributed by atoms with van der Waals surface area (Å²) in [6.45, 7) is 12.6. The fourth-order valence-corrected chi connectivity index (χ4v) is 2.50. The molecule has 3 heteroatoms. The Hall–Kier alpha value is -0.0151. The normalized spacial score (nSPS) is 20.4. The number of hydrogen-bond acceptors (Lipinski definition) is 2. The van der Waals surface area contributed by atoms with Gasteiger partial charge in [0.2, 0.25) is 0 Å². The van der Waals surface area contributed by atoms with E-state index in [0.717, 1.165) is 6.98 Å². The lowest BCUT2D eigenvalue weighted by Crippen LogP contribution is -2.57. The Bertz CT molecular complexity index is 140. The molecule has 0 aromatic heterocycles. The van der Waals surface area contributed by atoms with Crippen LogP contribution in [0.3, 0.4) is 0 Å². The van der Waals surface area contributed by atoms with Gasteiger partial charge >= 0.3 is 6.98 Å². The standard InChI is InChI=1S/C11H25BN2/c1-4-7-9-12-13(5-2)10-8-11-14(12)6-3/h4-11H2,1-3H3. The van der Waals surface area contributed by atoms with Crippen molar-refractivity contribution in [3.05, 3.63) is 0 Å². The maximum Gasteiger partial charge on any atom is 0.310 e. The molecule has 0 spiro atoms. The van der Waals surface area contributed by atoms with Gasteiger partial charge in [0.05, 0.1) is 0 Å². The smallest absolute Gasteiger partial charge is 0.310 e. The second-order valence-electron chi connectivity index (χ2n) is 4.23. The van der Waals surface area contributed by atoms with Crippen molar-refractivity contribution < 1.29 is 0 Å². The van der Waals surface area contributed by atoms with Gasteiger partial charge in [-0.25, -0.2) is 0 Å². The zero-order valence-corrected chi connectivity index (χ0v) is 10.1. The Balaban J connectivity index is 2.48. The summed E-state index contributed by atoms with van der Waals surface area (Å²) in [7, 11) is 0. The largest absolute Gasteiger partial charge is 0.328 e. The first-order valence-electron chi connectivity index (χ1n) is 6.31. The van der Waals surface area contributed by atoms with E-state index in [9.17, 15) is 0 Å². The minimum atomic E-state index is 0.735. The third-order valence-corrected chi connectivity index (χ3v) is 3.36. The summed E-state index contributed by atoms with van der Waals surface area (Å²) in [4.78, 5) is 5.28. The molecular formula is C11H25BN2. The maximum atomic E-state index is 2.64. The highest BCUT2D eigenvalue weighted by molar-refractivity contribution is 6.52. The van der Waals surface area contributed by atoms with Crippen LogP contribution in [0.2, 0.25) is 6.32 Å². The molecule has 0 bridgehead atoms. The van der Waals surface area contributed by atoms with Gasteiger partial charge in [0.1, 0.15) is 0 Å². The molecule has 0 aromatic rings. The average molecular weight is 196 g/mol. The monoisotopic (exact) mass is 196 g/mol. The van der Waals surface area contributed by atoms with E-state index in [1.165, 1.54) is 51.8 Å². The van der Waals surface area contributed by atoms with Crippen molar-refractivity contribution in [2.75, 3.05) is 26.2 Å². The quantitative estimate of drug-likeness (QED) is 0.622. The van der Waals surface area contributed by atoms with Crippen molar-refractivity contribution in [2.45, 2.75) is 46.4 Å². The van der Waals surface area contributed by atoms with Gasteiger partial charge in [-0.1, -0.05) is 33.6 Å². The van der Waals surface area contributed by atoms with Gasteiger partial charge in [-0.15, -0.1) is 0 Å². The molecule has 82 valence electrons. The van der Waals surface area contributed by atoms with Gasteiger partial charge in [0.25, 0.3) is 0 Å². The van der Waals surface area contributed by atoms with Crippen LogP contribution in [0.5, 0.6) is 0 Å². The van der Waals surface area contributed by atoms with Crippen LogP contribution < -0.4 is 0 Å². The van der Waals surface area contributed by atoms with Crippen LogP contribution in [0.4, 0.5) is 0 Å². The lowest BCUT2D eigenvalue weighted by Gasteiger charge is -2.40. The highest BCUT2D eigenvalue weighted by atomic mass is 15.2. The molecule has 1 heterocycles. The van der Waals surface area contributed by atoms with E-state index in [1.807, 2.05) is 0 Å². The zero-order chi connectivity index (χ0) is 10.4. The Morgan fingerprint density at radius 2 is 1.57 bits per heavy atom. The van der Waals surface area contributed by atoms with Crippen molar-refractivity contribution in [1.82, 2.24) is 9.62 Å². The first kappa shape index (κ1) is 12.1. The molecule has 0 aromatic carbocycles. The van der Waals surface area contributed by atoms with Gasteiger partial charge < -0.3 is 9.62 Å². The Labute approximate surface area is 89.8 Å². The average Bonchev–Trinajstić information content (AvgIpc) is 2.25. The molecule has 0 atom stereocenters. The third kappa shape index (κ3) is 2.99. The SMILES string of the molecule is CCCCB1N(CC)CCCN1CC. The highest BCUT2D eigenvalue weighted by Gasteiger charge is 2.30. The molecule has 0 amide bonds. The molecule has 1 rings (SSSR count). The number of rotatable bonds is 5. The van der Waals surface area contributed by atoms with E-state index in [0.29, 0.717) is 0 Å². The molecule has 1 aliphatic heterocycles. The summed E-state index contributed by atoms with van der Waals surface area (Å²) in [5, 5.41) is 0. The summed E-state index contributed by atoms with van der Waals surface area (Å²) in [6.07, 6.45) is 5.41. The molecule has 1 fully saturated rings. The van der Waals surface area contributed by atoms with Crippen molar-refractivity contribution in [1.29, 1.82) is 0 Å². The first-order valence-corrected chi connectivity index (χ1v) is 6.31. The van der Waals surface area contributed by atoms with Crippen LogP contribution in [-0.4, -0.2) is 42.8 Å². The fourth-order valence-electron chi connectivity index (χ4n) is 2.50. The molecular weight excluding hydrogens is 171 g/mol. The van der Waals surface area contributed by atoms with E-state index in [4.69, 9.17) is 0 Å². The van der Waals surface area contributed by atoms with Gasteiger partial charge in [-0.05, 0) is 38.9 Å². The van der Waals surface area contributed by atoms with Crippen molar-refractivity contribution in [2.24, 2.45) is 0 Å². The number of hydrogen-bond donors (Lipinski definition) is 0. The van der Waals surface area contributed by atoms with Crippen LogP contribution in [0.25, 0.3) is 0 Å². The van der Waals surface area contributed by atoms with Gasteiger partial charge in [-0.3, -0.25) is 0 Å². The van der Waals surface area contributed by atoms with Crippen LogP contribution in [0.15, 0.2) is 0 Å². The Morgan fingerprint density at radius 1 is 1.00 bits per heavy atom. The summed E-state index contributed by atoms with van der Waals surface area (Å²) >= 11 is 0. The van der Waals surface area contributed by atoms with Crippen molar-refractivity contribution >= 4 is 6.98 Å². The molecule has 2 nitrogen and oxygen atoms in total. The molecule has 0 saturated carbocycles. The topological polar surface area (TPSA) is 6.48 Å². The van der Waals surface area contributed by atoms with Crippen molar-refractivity contribution in [3.8, 4) is 0 Å².